The maximum atomic E-state index is 5.38. The van der Waals surface area contributed by atoms with E-state index in [4.69, 9.17) is 15.0 Å². The molecule has 0 aliphatic rings. The summed E-state index contributed by atoms with van der Waals surface area (Å²) in [5.41, 5.74) is 12.6. The minimum Gasteiger partial charge on any atom is -0.247 e. The third-order valence-electron chi connectivity index (χ3n) is 13.2. The zero-order valence-electron chi connectivity index (χ0n) is 35.9. The van der Waals surface area contributed by atoms with Crippen LogP contribution in [0.25, 0.3) is 132 Å². The molecule has 0 atom stereocenters. The van der Waals surface area contributed by atoms with Gasteiger partial charge in [0, 0.05) is 38.4 Å². The van der Waals surface area contributed by atoms with Crippen molar-refractivity contribution in [2.75, 3.05) is 0 Å². The van der Waals surface area contributed by atoms with Crippen LogP contribution in [0.2, 0.25) is 0 Å². The number of hydrogen-bond acceptors (Lipinski definition) is 3. The molecule has 66 heavy (non-hydrogen) atoms. The van der Waals surface area contributed by atoms with Crippen LogP contribution in [0.3, 0.4) is 0 Å². The van der Waals surface area contributed by atoms with Gasteiger partial charge in [0.15, 0.2) is 5.82 Å². The quantitative estimate of drug-likeness (QED) is 0.157. The van der Waals surface area contributed by atoms with Crippen LogP contribution in [0, 0.1) is 0 Å². The van der Waals surface area contributed by atoms with Crippen molar-refractivity contribution in [3.8, 4) is 67.4 Å². The zero-order valence-corrected chi connectivity index (χ0v) is 35.9. The largest absolute Gasteiger partial charge is 0.247 e. The van der Waals surface area contributed by atoms with Crippen LogP contribution in [-0.4, -0.2) is 15.0 Å². The second kappa shape index (κ2) is 15.5. The molecule has 3 heteroatoms. The molecular weight excluding hydrogens is 799 g/mol. The van der Waals surface area contributed by atoms with E-state index in [9.17, 15) is 0 Å². The Balaban J connectivity index is 0.939. The minimum atomic E-state index is 0.707. The third kappa shape index (κ3) is 6.40. The second-order valence-corrected chi connectivity index (χ2v) is 17.1. The molecular formula is C63H39N3. The molecule has 13 rings (SSSR count). The van der Waals surface area contributed by atoms with Crippen LogP contribution < -0.4 is 0 Å². The van der Waals surface area contributed by atoms with E-state index in [1.165, 1.54) is 37.9 Å². The Kier molecular flexibility index (Phi) is 8.85. The van der Waals surface area contributed by atoms with Crippen LogP contribution in [0.15, 0.2) is 237 Å². The lowest BCUT2D eigenvalue weighted by molar-refractivity contribution is 1.19. The molecule has 2 aromatic heterocycles. The molecule has 0 aliphatic carbocycles. The predicted octanol–water partition coefficient (Wildman–Crippen LogP) is 16.8. The molecule has 0 N–H and O–H groups in total. The summed E-state index contributed by atoms with van der Waals surface area (Å²) in [6, 6.07) is 84.7. The number of pyridine rings is 1. The number of rotatable bonds is 6. The Morgan fingerprint density at radius 3 is 1.59 bits per heavy atom. The Hall–Kier alpha value is -8.79. The third-order valence-corrected chi connectivity index (χ3v) is 13.2. The van der Waals surface area contributed by atoms with Crippen molar-refractivity contribution in [2.45, 2.75) is 0 Å². The van der Waals surface area contributed by atoms with Gasteiger partial charge in [0.05, 0.1) is 22.6 Å². The van der Waals surface area contributed by atoms with Crippen molar-refractivity contribution in [3.63, 3.8) is 0 Å². The fourth-order valence-corrected chi connectivity index (χ4v) is 10.0. The Morgan fingerprint density at radius 1 is 0.242 bits per heavy atom. The fourth-order valence-electron chi connectivity index (χ4n) is 10.0. The summed E-state index contributed by atoms with van der Waals surface area (Å²) >= 11 is 0. The van der Waals surface area contributed by atoms with Gasteiger partial charge in [-0.25, -0.2) is 15.0 Å². The standard InChI is InChI=1S/C63H39N3/c1-2-17-45-37-48(35-32-40(45)14-1)62-57-38-56(51-24-7-8-25-53(51)61(57)55-26-9-10-29-58(55)64-62)47-21-11-20-46(36-47)41-30-33-44(34-31-41)59-39-60(52-27-12-18-42-15-3-5-22-49(42)52)66-63(65-59)54-28-13-19-43-16-4-6-23-50(43)54/h1-39H. The smallest absolute Gasteiger partial charge is 0.161 e. The molecule has 0 unspecified atom stereocenters. The number of para-hydroxylation sites is 1. The van der Waals surface area contributed by atoms with Crippen LogP contribution >= 0.6 is 0 Å². The number of nitrogens with zero attached hydrogens (tertiary/aromatic N) is 3. The van der Waals surface area contributed by atoms with Crippen LogP contribution in [0.5, 0.6) is 0 Å². The van der Waals surface area contributed by atoms with Crippen molar-refractivity contribution < 1.29 is 0 Å². The highest BCUT2D eigenvalue weighted by Gasteiger charge is 2.18. The van der Waals surface area contributed by atoms with E-state index < -0.39 is 0 Å². The molecule has 0 saturated carbocycles. The molecule has 0 amide bonds. The molecule has 0 radical (unpaired) electrons. The van der Waals surface area contributed by atoms with Gasteiger partial charge in [0.1, 0.15) is 0 Å². The van der Waals surface area contributed by atoms with E-state index in [2.05, 4.69) is 237 Å². The topological polar surface area (TPSA) is 38.7 Å². The van der Waals surface area contributed by atoms with Crippen molar-refractivity contribution in [3.05, 3.63) is 237 Å². The molecule has 11 aromatic carbocycles. The molecule has 0 saturated heterocycles. The van der Waals surface area contributed by atoms with E-state index >= 15 is 0 Å². The van der Waals surface area contributed by atoms with Crippen molar-refractivity contribution in [1.82, 2.24) is 15.0 Å². The first kappa shape index (κ1) is 37.7. The number of benzene rings is 11. The van der Waals surface area contributed by atoms with E-state index in [-0.39, 0.29) is 0 Å². The Bertz CT molecular complexity index is 3950. The van der Waals surface area contributed by atoms with Crippen molar-refractivity contribution >= 4 is 64.8 Å². The van der Waals surface area contributed by atoms with Crippen LogP contribution in [0.1, 0.15) is 0 Å². The number of aromatic nitrogens is 3. The van der Waals surface area contributed by atoms with Gasteiger partial charge < -0.3 is 0 Å². The minimum absolute atomic E-state index is 0.707. The molecule has 306 valence electrons. The zero-order chi connectivity index (χ0) is 43.6. The van der Waals surface area contributed by atoms with Crippen LogP contribution in [-0.2, 0) is 0 Å². The molecule has 13 aromatic rings. The summed E-state index contributed by atoms with van der Waals surface area (Å²) in [4.78, 5) is 15.9. The Labute approximate surface area is 382 Å². The molecule has 2 heterocycles. The van der Waals surface area contributed by atoms with E-state index in [0.717, 1.165) is 88.5 Å². The maximum absolute atomic E-state index is 5.38. The number of fused-ring (bicyclic) bond motifs is 8. The highest BCUT2D eigenvalue weighted by molar-refractivity contribution is 6.25. The van der Waals surface area contributed by atoms with Gasteiger partial charge >= 0.3 is 0 Å². The first-order valence-corrected chi connectivity index (χ1v) is 22.5. The average molecular weight is 838 g/mol. The van der Waals surface area contributed by atoms with Gasteiger partial charge in [-0.3, -0.25) is 0 Å². The summed E-state index contributed by atoms with van der Waals surface area (Å²) in [7, 11) is 0. The van der Waals surface area contributed by atoms with Gasteiger partial charge in [-0.05, 0) is 95.7 Å². The van der Waals surface area contributed by atoms with Gasteiger partial charge in [-0.1, -0.05) is 206 Å². The lowest BCUT2D eigenvalue weighted by Gasteiger charge is -2.17. The molecule has 0 spiro atoms. The van der Waals surface area contributed by atoms with Gasteiger partial charge in [-0.2, -0.15) is 0 Å². The summed E-state index contributed by atoms with van der Waals surface area (Å²) in [6.45, 7) is 0. The first-order chi connectivity index (χ1) is 32.7. The van der Waals surface area contributed by atoms with E-state index in [1.807, 2.05) is 0 Å². The maximum Gasteiger partial charge on any atom is 0.161 e. The van der Waals surface area contributed by atoms with Crippen LogP contribution in [0.4, 0.5) is 0 Å². The average Bonchev–Trinajstić information content (AvgIpc) is 3.39. The molecule has 3 nitrogen and oxygen atoms in total. The highest BCUT2D eigenvalue weighted by Crippen LogP contribution is 2.43. The Morgan fingerprint density at radius 2 is 0.803 bits per heavy atom. The molecule has 0 bridgehead atoms. The van der Waals surface area contributed by atoms with E-state index in [0.29, 0.717) is 5.82 Å². The van der Waals surface area contributed by atoms with Gasteiger partial charge in [0.25, 0.3) is 0 Å². The van der Waals surface area contributed by atoms with Gasteiger partial charge in [0.2, 0.25) is 0 Å². The fraction of sp³-hybridized carbons (Fsp3) is 0. The first-order valence-electron chi connectivity index (χ1n) is 22.5. The lowest BCUT2D eigenvalue weighted by Crippen LogP contribution is -1.97. The molecule has 0 aliphatic heterocycles. The lowest BCUT2D eigenvalue weighted by atomic mass is 9.89. The van der Waals surface area contributed by atoms with Crippen molar-refractivity contribution in [1.29, 1.82) is 0 Å². The SMILES string of the molecule is c1cc(-c2ccc(-c3cc(-c4cccc5ccccc45)nc(-c4cccc5ccccc45)n3)cc2)cc(-c2cc3c(-c4ccc5ccccc5c4)nc4ccccc4c3c3ccccc23)c1. The highest BCUT2D eigenvalue weighted by atomic mass is 14.9. The number of hydrogen-bond donors (Lipinski definition) is 0. The van der Waals surface area contributed by atoms with Gasteiger partial charge in [-0.15, -0.1) is 0 Å². The summed E-state index contributed by atoms with van der Waals surface area (Å²) in [5.74, 6) is 0.707. The molecule has 0 fully saturated rings. The summed E-state index contributed by atoms with van der Waals surface area (Å²) in [6.07, 6.45) is 0. The summed E-state index contributed by atoms with van der Waals surface area (Å²) < 4.78 is 0. The summed E-state index contributed by atoms with van der Waals surface area (Å²) in [5, 5.41) is 13.0. The van der Waals surface area contributed by atoms with E-state index in [1.54, 1.807) is 0 Å². The normalized spacial score (nSPS) is 11.6. The predicted molar refractivity (Wildman–Crippen MR) is 277 cm³/mol. The van der Waals surface area contributed by atoms with Crippen molar-refractivity contribution in [2.24, 2.45) is 0 Å². The monoisotopic (exact) mass is 837 g/mol. The second-order valence-electron chi connectivity index (χ2n) is 17.1.